The van der Waals surface area contributed by atoms with Crippen LogP contribution in [-0.2, 0) is 5.41 Å². The molecule has 1 saturated carbocycles. The molecule has 1 N–H and O–H groups in total. The number of nitrogens with one attached hydrogen (secondary N) is 1. The summed E-state index contributed by atoms with van der Waals surface area (Å²) in [6.07, 6.45) is 3.54. The van der Waals surface area contributed by atoms with E-state index < -0.39 is 0 Å². The third-order valence-corrected chi connectivity index (χ3v) is 4.83. The number of aryl methyl sites for hydroxylation is 1. The fourth-order valence-corrected chi connectivity index (χ4v) is 3.77. The van der Waals surface area contributed by atoms with Crippen molar-refractivity contribution in [3.8, 4) is 0 Å². The lowest BCUT2D eigenvalue weighted by molar-refractivity contribution is 0.175. The molecule has 2 aromatic carbocycles. The second-order valence-electron chi connectivity index (χ2n) is 6.16. The molecule has 21 heavy (non-hydrogen) atoms. The van der Waals surface area contributed by atoms with Crippen LogP contribution in [0.15, 0.2) is 48.5 Å². The average Bonchev–Trinajstić information content (AvgIpc) is 2.42. The lowest BCUT2D eigenvalue weighted by atomic mass is 9.58. The van der Waals surface area contributed by atoms with Crippen LogP contribution in [0.5, 0.6) is 0 Å². The molecule has 3 rings (SSSR count). The van der Waals surface area contributed by atoms with E-state index in [1.165, 1.54) is 12.0 Å². The molecule has 0 heterocycles. The molecule has 1 fully saturated rings. The van der Waals surface area contributed by atoms with Gasteiger partial charge in [-0.15, -0.1) is 0 Å². The number of hydrogen-bond acceptors (Lipinski definition) is 1. The standard InChI is InChI=1S/C19H22FN/c1-14-11-15(13-17(20)12-14)18(21-2)19(9-6-10-19)16-7-4-3-5-8-16/h3-5,7-8,11-13,18,21H,6,9-10H2,1-2H3. The van der Waals surface area contributed by atoms with E-state index in [0.717, 1.165) is 24.0 Å². The van der Waals surface area contributed by atoms with Gasteiger partial charge in [-0.05, 0) is 55.6 Å². The normalized spacial score (nSPS) is 18.0. The van der Waals surface area contributed by atoms with Crippen LogP contribution in [0.25, 0.3) is 0 Å². The van der Waals surface area contributed by atoms with Gasteiger partial charge in [0, 0.05) is 11.5 Å². The molecule has 2 heteroatoms. The molecule has 0 aliphatic heterocycles. The predicted octanol–water partition coefficient (Wildman–Crippen LogP) is 4.52. The van der Waals surface area contributed by atoms with Crippen molar-refractivity contribution >= 4 is 0 Å². The summed E-state index contributed by atoms with van der Waals surface area (Å²) in [6.45, 7) is 1.95. The van der Waals surface area contributed by atoms with Crippen LogP contribution in [0.1, 0.15) is 42.0 Å². The highest BCUT2D eigenvalue weighted by Crippen LogP contribution is 2.52. The van der Waals surface area contributed by atoms with Crippen molar-refractivity contribution in [3.05, 3.63) is 71.0 Å². The van der Waals surface area contributed by atoms with Crippen LogP contribution in [0, 0.1) is 12.7 Å². The van der Waals surface area contributed by atoms with E-state index in [2.05, 4.69) is 41.7 Å². The predicted molar refractivity (Wildman–Crippen MR) is 84.9 cm³/mol. The Labute approximate surface area is 126 Å². The molecular formula is C19H22FN. The van der Waals surface area contributed by atoms with Crippen molar-refractivity contribution in [2.45, 2.75) is 37.6 Å². The first kappa shape index (κ1) is 14.3. The van der Waals surface area contributed by atoms with Gasteiger partial charge in [0.15, 0.2) is 0 Å². The molecule has 0 amide bonds. The summed E-state index contributed by atoms with van der Waals surface area (Å²) in [6, 6.07) is 16.2. The molecule has 0 bridgehead atoms. The van der Waals surface area contributed by atoms with Gasteiger partial charge in [0.1, 0.15) is 5.82 Å². The quantitative estimate of drug-likeness (QED) is 0.870. The molecule has 2 aromatic rings. The molecule has 110 valence electrons. The van der Waals surface area contributed by atoms with E-state index in [1.54, 1.807) is 12.1 Å². The number of hydrogen-bond donors (Lipinski definition) is 1. The second kappa shape index (κ2) is 5.61. The van der Waals surface area contributed by atoms with Gasteiger partial charge in [-0.3, -0.25) is 0 Å². The van der Waals surface area contributed by atoms with Crippen molar-refractivity contribution in [1.82, 2.24) is 5.32 Å². The molecule has 1 aliphatic carbocycles. The lowest BCUT2D eigenvalue weighted by Gasteiger charge is -2.48. The second-order valence-corrected chi connectivity index (χ2v) is 6.16. The zero-order valence-electron chi connectivity index (χ0n) is 12.7. The highest BCUT2D eigenvalue weighted by atomic mass is 19.1. The van der Waals surface area contributed by atoms with Crippen LogP contribution >= 0.6 is 0 Å². The maximum atomic E-state index is 13.8. The van der Waals surface area contributed by atoms with E-state index in [-0.39, 0.29) is 17.3 Å². The summed E-state index contributed by atoms with van der Waals surface area (Å²) in [5.74, 6) is -0.146. The number of likely N-dealkylation sites (N-methyl/N-ethyl adjacent to an activating group) is 1. The summed E-state index contributed by atoms with van der Waals surface area (Å²) in [4.78, 5) is 0. The van der Waals surface area contributed by atoms with E-state index in [9.17, 15) is 4.39 Å². The third-order valence-electron chi connectivity index (χ3n) is 4.83. The Morgan fingerprint density at radius 2 is 1.81 bits per heavy atom. The van der Waals surface area contributed by atoms with Gasteiger partial charge < -0.3 is 5.32 Å². The molecule has 0 aromatic heterocycles. The van der Waals surface area contributed by atoms with Gasteiger partial charge in [0.05, 0.1) is 0 Å². The largest absolute Gasteiger partial charge is 0.312 e. The topological polar surface area (TPSA) is 12.0 Å². The molecule has 1 unspecified atom stereocenters. The molecule has 0 spiro atoms. The van der Waals surface area contributed by atoms with Crippen molar-refractivity contribution in [2.24, 2.45) is 0 Å². The van der Waals surface area contributed by atoms with Crippen LogP contribution < -0.4 is 5.32 Å². The summed E-state index contributed by atoms with van der Waals surface area (Å²) in [7, 11) is 1.98. The van der Waals surface area contributed by atoms with E-state index in [1.807, 2.05) is 14.0 Å². The summed E-state index contributed by atoms with van der Waals surface area (Å²) in [5, 5.41) is 3.45. The van der Waals surface area contributed by atoms with Gasteiger partial charge in [0.2, 0.25) is 0 Å². The Balaban J connectivity index is 2.05. The summed E-state index contributed by atoms with van der Waals surface area (Å²) < 4.78 is 13.8. The Hall–Kier alpha value is -1.67. The van der Waals surface area contributed by atoms with Gasteiger partial charge >= 0.3 is 0 Å². The van der Waals surface area contributed by atoms with Gasteiger partial charge in [-0.25, -0.2) is 4.39 Å². The van der Waals surface area contributed by atoms with Crippen molar-refractivity contribution in [2.75, 3.05) is 7.05 Å². The molecule has 0 saturated heterocycles. The molecule has 1 atom stereocenters. The number of rotatable bonds is 4. The molecule has 1 aliphatic rings. The zero-order valence-corrected chi connectivity index (χ0v) is 12.7. The monoisotopic (exact) mass is 283 g/mol. The maximum Gasteiger partial charge on any atom is 0.123 e. The first-order valence-corrected chi connectivity index (χ1v) is 7.65. The van der Waals surface area contributed by atoms with Crippen molar-refractivity contribution in [3.63, 3.8) is 0 Å². The number of halogens is 1. The summed E-state index contributed by atoms with van der Waals surface area (Å²) in [5.41, 5.74) is 3.49. The first-order chi connectivity index (χ1) is 10.2. The molecule has 0 radical (unpaired) electrons. The maximum absolute atomic E-state index is 13.8. The highest BCUT2D eigenvalue weighted by molar-refractivity contribution is 5.37. The Kier molecular flexibility index (Phi) is 3.81. The van der Waals surface area contributed by atoms with Crippen LogP contribution in [0.4, 0.5) is 4.39 Å². The Morgan fingerprint density at radius 3 is 2.33 bits per heavy atom. The third kappa shape index (κ3) is 2.49. The van der Waals surface area contributed by atoms with Crippen molar-refractivity contribution in [1.29, 1.82) is 0 Å². The van der Waals surface area contributed by atoms with Crippen LogP contribution in [0.3, 0.4) is 0 Å². The lowest BCUT2D eigenvalue weighted by Crippen LogP contribution is -2.45. The molecule has 1 nitrogen and oxygen atoms in total. The molecular weight excluding hydrogens is 261 g/mol. The minimum absolute atomic E-state index is 0.0935. The fourth-order valence-electron chi connectivity index (χ4n) is 3.77. The highest BCUT2D eigenvalue weighted by Gasteiger charge is 2.45. The van der Waals surface area contributed by atoms with E-state index in [0.29, 0.717) is 0 Å². The first-order valence-electron chi connectivity index (χ1n) is 7.65. The van der Waals surface area contributed by atoms with E-state index in [4.69, 9.17) is 0 Å². The zero-order chi connectivity index (χ0) is 14.9. The smallest absolute Gasteiger partial charge is 0.123 e. The van der Waals surface area contributed by atoms with Gasteiger partial charge in [-0.2, -0.15) is 0 Å². The Morgan fingerprint density at radius 1 is 1.10 bits per heavy atom. The van der Waals surface area contributed by atoms with Crippen molar-refractivity contribution < 1.29 is 4.39 Å². The minimum Gasteiger partial charge on any atom is -0.312 e. The fraction of sp³-hybridized carbons (Fsp3) is 0.368. The SMILES string of the molecule is CNC(c1cc(C)cc(F)c1)C1(c2ccccc2)CCC1. The van der Waals surface area contributed by atoms with Gasteiger partial charge in [-0.1, -0.05) is 42.8 Å². The van der Waals surface area contributed by atoms with Gasteiger partial charge in [0.25, 0.3) is 0 Å². The Bertz CT molecular complexity index is 596. The summed E-state index contributed by atoms with van der Waals surface area (Å²) >= 11 is 0. The average molecular weight is 283 g/mol. The van der Waals surface area contributed by atoms with E-state index >= 15 is 0 Å². The van der Waals surface area contributed by atoms with Crippen LogP contribution in [-0.4, -0.2) is 7.05 Å². The minimum atomic E-state index is -0.146. The van der Waals surface area contributed by atoms with Crippen LogP contribution in [0.2, 0.25) is 0 Å². The number of benzene rings is 2.